The summed E-state index contributed by atoms with van der Waals surface area (Å²) in [6.45, 7) is 76.9. The Morgan fingerprint density at radius 3 is 0.617 bits per heavy atom. The molecule has 0 atom stereocenters. The Labute approximate surface area is 381 Å². The minimum absolute atomic E-state index is 0.323. The molecule has 0 spiro atoms. The number of piperazine rings is 2. The standard InChI is InChI=1S/C12H26N2.C9H20N2.C9H19N.C8H17NO.3C5H12/c1-11(2,3)13-7-9-14(10-8-13)12(4,5)6;1-9(2,3)11-7-5-10(4)6-8-11;1-9(2,3)10-7-5-4-6-8-10;1-8(2,3)9-4-6-10-7-5-9;3*1-5(2,3)4/h7-10H2,1-6H3;5-8H2,1-4H3;4-8H2,1-3H3;4-7H2,1-3H3;3*1-4H3. The summed E-state index contributed by atoms with van der Waals surface area (Å²) >= 11 is 0. The van der Waals surface area contributed by atoms with Crippen LogP contribution in [0.2, 0.25) is 0 Å². The van der Waals surface area contributed by atoms with E-state index in [4.69, 9.17) is 4.74 Å². The summed E-state index contributed by atoms with van der Waals surface area (Å²) in [5.41, 5.74) is 3.26. The Bertz CT molecular complexity index is 909. The predicted octanol–water partition coefficient (Wildman–Crippen LogP) is 12.8. The van der Waals surface area contributed by atoms with Crippen LogP contribution in [0.3, 0.4) is 0 Å². The second kappa shape index (κ2) is 27.9. The van der Waals surface area contributed by atoms with Gasteiger partial charge in [0, 0.05) is 93.1 Å². The lowest BCUT2D eigenvalue weighted by Crippen LogP contribution is -2.57. The van der Waals surface area contributed by atoms with Gasteiger partial charge in [0.15, 0.2) is 0 Å². The molecule has 0 saturated carbocycles. The molecule has 4 heterocycles. The molecule has 4 rings (SSSR count). The maximum atomic E-state index is 5.25. The van der Waals surface area contributed by atoms with Gasteiger partial charge in [0.1, 0.15) is 0 Å². The Morgan fingerprint density at radius 2 is 0.433 bits per heavy atom. The number of rotatable bonds is 0. The topological polar surface area (TPSA) is 28.7 Å². The Kier molecular flexibility index (Phi) is 29.8. The average molecular weight is 856 g/mol. The van der Waals surface area contributed by atoms with Gasteiger partial charge in [-0.2, -0.15) is 0 Å². The number of hydrogen-bond donors (Lipinski definition) is 0. The summed E-state index contributed by atoms with van der Waals surface area (Å²) < 4.78 is 5.25. The number of likely N-dealkylation sites (N-methyl/N-ethyl adjacent to an activating group) is 1. The fourth-order valence-corrected chi connectivity index (χ4v) is 6.32. The molecule has 4 fully saturated rings. The monoisotopic (exact) mass is 855 g/mol. The molecule has 60 heavy (non-hydrogen) atoms. The van der Waals surface area contributed by atoms with Crippen LogP contribution in [0.25, 0.3) is 0 Å². The van der Waals surface area contributed by atoms with Gasteiger partial charge in [-0.3, -0.25) is 24.5 Å². The molecule has 7 nitrogen and oxygen atoms in total. The van der Waals surface area contributed by atoms with Crippen LogP contribution in [-0.4, -0.2) is 156 Å². The molecule has 4 aliphatic heterocycles. The van der Waals surface area contributed by atoms with E-state index in [0.717, 1.165) is 26.3 Å². The van der Waals surface area contributed by atoms with Crippen molar-refractivity contribution in [2.45, 2.75) is 234 Å². The number of morpholine rings is 1. The second-order valence-corrected chi connectivity index (χ2v) is 27.8. The summed E-state index contributed by atoms with van der Waals surface area (Å²) in [7, 11) is 2.19. The smallest absolute Gasteiger partial charge is 0.0594 e. The molecule has 4 aliphatic rings. The molecule has 0 aromatic carbocycles. The van der Waals surface area contributed by atoms with Crippen molar-refractivity contribution in [1.29, 1.82) is 0 Å². The number of ether oxygens (including phenoxy) is 1. The van der Waals surface area contributed by atoms with Gasteiger partial charge in [0.05, 0.1) is 13.2 Å². The van der Waals surface area contributed by atoms with Crippen molar-refractivity contribution in [3.05, 3.63) is 0 Å². The van der Waals surface area contributed by atoms with E-state index in [2.05, 4.69) is 223 Å². The number of hydrogen-bond acceptors (Lipinski definition) is 7. The Balaban J connectivity index is -0.000000654. The molecule has 0 radical (unpaired) electrons. The van der Waals surface area contributed by atoms with Crippen LogP contribution >= 0.6 is 0 Å². The SMILES string of the molecule is CC(C)(C)C.CC(C)(C)C.CC(C)(C)C.CC(C)(C)N1CCCCC1.CC(C)(C)N1CCN(C(C)(C)C)CC1.CC(C)(C)N1CCOCC1.CN1CCN(C(C)(C)C)CC1. The maximum absolute atomic E-state index is 5.25. The van der Waals surface area contributed by atoms with E-state index in [1.165, 1.54) is 84.7 Å². The molecule has 0 aromatic heterocycles. The first-order chi connectivity index (χ1) is 26.4. The maximum Gasteiger partial charge on any atom is 0.0594 e. The van der Waals surface area contributed by atoms with Gasteiger partial charge in [-0.1, -0.05) is 89.5 Å². The average Bonchev–Trinajstić information content (AvgIpc) is 3.03. The van der Waals surface area contributed by atoms with Crippen molar-refractivity contribution in [2.24, 2.45) is 16.2 Å². The number of likely N-dealkylation sites (tertiary alicyclic amines) is 1. The summed E-state index contributed by atoms with van der Waals surface area (Å²) in [4.78, 5) is 15.1. The third kappa shape index (κ3) is 43.0. The van der Waals surface area contributed by atoms with E-state index >= 15 is 0 Å². The predicted molar refractivity (Wildman–Crippen MR) is 274 cm³/mol. The van der Waals surface area contributed by atoms with E-state index in [1.807, 2.05) is 0 Å². The first-order valence-corrected chi connectivity index (χ1v) is 24.4. The molecule has 0 amide bonds. The summed E-state index contributed by atoms with van der Waals surface area (Å²) in [6, 6.07) is 0. The van der Waals surface area contributed by atoms with Crippen LogP contribution in [-0.2, 0) is 4.74 Å². The Morgan fingerprint density at radius 1 is 0.250 bits per heavy atom. The molecule has 0 unspecified atom stereocenters. The number of nitrogens with zero attached hydrogens (tertiary/aromatic N) is 6. The van der Waals surface area contributed by atoms with Crippen LogP contribution in [0, 0.1) is 16.2 Å². The van der Waals surface area contributed by atoms with Gasteiger partial charge in [0.2, 0.25) is 0 Å². The van der Waals surface area contributed by atoms with Gasteiger partial charge < -0.3 is 9.64 Å². The van der Waals surface area contributed by atoms with Gasteiger partial charge >= 0.3 is 0 Å². The van der Waals surface area contributed by atoms with Crippen molar-refractivity contribution in [3.63, 3.8) is 0 Å². The molecule has 366 valence electrons. The van der Waals surface area contributed by atoms with Crippen LogP contribution in [0.5, 0.6) is 0 Å². The zero-order valence-corrected chi connectivity index (χ0v) is 47.1. The molecule has 0 aromatic rings. The van der Waals surface area contributed by atoms with E-state index in [1.54, 1.807) is 0 Å². The van der Waals surface area contributed by atoms with E-state index in [-0.39, 0.29) is 0 Å². The van der Waals surface area contributed by atoms with Crippen molar-refractivity contribution in [1.82, 2.24) is 29.4 Å². The highest BCUT2D eigenvalue weighted by molar-refractivity contribution is 4.87. The largest absolute Gasteiger partial charge is 0.379 e. The minimum Gasteiger partial charge on any atom is -0.379 e. The lowest BCUT2D eigenvalue weighted by molar-refractivity contribution is -0.00389. The van der Waals surface area contributed by atoms with Gasteiger partial charge in [-0.15, -0.1) is 0 Å². The second-order valence-electron chi connectivity index (χ2n) is 27.8. The molecular formula is C53H118N6O. The van der Waals surface area contributed by atoms with Crippen molar-refractivity contribution in [2.75, 3.05) is 98.8 Å². The summed E-state index contributed by atoms with van der Waals surface area (Å²) in [5.74, 6) is 0. The molecule has 0 aliphatic carbocycles. The molecule has 4 saturated heterocycles. The van der Waals surface area contributed by atoms with Crippen LogP contribution in [0.1, 0.15) is 206 Å². The van der Waals surface area contributed by atoms with Crippen molar-refractivity contribution in [3.8, 4) is 0 Å². The third-order valence-electron chi connectivity index (χ3n) is 9.89. The minimum atomic E-state index is 0.323. The van der Waals surface area contributed by atoms with Crippen LogP contribution in [0.15, 0.2) is 0 Å². The van der Waals surface area contributed by atoms with Crippen molar-refractivity contribution < 1.29 is 4.74 Å². The van der Waals surface area contributed by atoms with Gasteiger partial charge in [-0.05, 0) is 153 Å². The van der Waals surface area contributed by atoms with Crippen LogP contribution in [0.4, 0.5) is 0 Å². The molecular weight excluding hydrogens is 737 g/mol. The quantitative estimate of drug-likeness (QED) is 0.240. The highest BCUT2D eigenvalue weighted by atomic mass is 16.5. The lowest BCUT2D eigenvalue weighted by Gasteiger charge is -2.46. The summed E-state index contributed by atoms with van der Waals surface area (Å²) in [5, 5.41) is 0. The summed E-state index contributed by atoms with van der Waals surface area (Å²) in [6.07, 6.45) is 4.24. The zero-order chi connectivity index (χ0) is 48.2. The van der Waals surface area contributed by atoms with Gasteiger partial charge in [0.25, 0.3) is 0 Å². The molecule has 0 N–H and O–H groups in total. The van der Waals surface area contributed by atoms with E-state index < -0.39 is 0 Å². The Hall–Kier alpha value is -0.280. The van der Waals surface area contributed by atoms with Crippen molar-refractivity contribution >= 4 is 0 Å². The fourth-order valence-electron chi connectivity index (χ4n) is 6.32. The lowest BCUT2D eigenvalue weighted by atomic mass is 10.0. The first kappa shape index (κ1) is 64.0. The highest BCUT2D eigenvalue weighted by Gasteiger charge is 2.30. The molecule has 0 bridgehead atoms. The first-order valence-electron chi connectivity index (χ1n) is 24.4. The normalized spacial score (nSPS) is 20.4. The molecule has 7 heteroatoms. The fraction of sp³-hybridized carbons (Fsp3) is 1.00. The third-order valence-corrected chi connectivity index (χ3v) is 9.89. The highest BCUT2D eigenvalue weighted by Crippen LogP contribution is 2.22. The number of piperidine rings is 1. The van der Waals surface area contributed by atoms with E-state index in [9.17, 15) is 0 Å². The zero-order valence-electron chi connectivity index (χ0n) is 47.1. The van der Waals surface area contributed by atoms with E-state index in [0.29, 0.717) is 43.9 Å². The van der Waals surface area contributed by atoms with Gasteiger partial charge in [-0.25, -0.2) is 0 Å². The van der Waals surface area contributed by atoms with Crippen LogP contribution < -0.4 is 0 Å².